The normalized spacial score (nSPS) is 10.6. The molecular weight excluding hydrogens is 462 g/mol. The van der Waals surface area contributed by atoms with Crippen molar-refractivity contribution in [2.45, 2.75) is 39.5 Å². The molecule has 1 aromatic carbocycles. The minimum atomic E-state index is -0.553. The SMILES string of the molecule is CCCCCOc1ccc(CCN(C(C)=O)c2nc(Br)ccc2[N+](=O)[O-])c(Cl)c1. The molecule has 29 heavy (non-hydrogen) atoms. The summed E-state index contributed by atoms with van der Waals surface area (Å²) in [5.41, 5.74) is 0.585. The number of anilines is 1. The van der Waals surface area contributed by atoms with Crippen LogP contribution in [0.5, 0.6) is 5.75 Å². The Bertz CT molecular complexity index is 879. The predicted molar refractivity (Wildman–Crippen MR) is 117 cm³/mol. The molecule has 0 unspecified atom stereocenters. The molecule has 7 nitrogen and oxygen atoms in total. The lowest BCUT2D eigenvalue weighted by Crippen LogP contribution is -2.32. The number of carbonyl (C=O) groups is 1. The van der Waals surface area contributed by atoms with Crippen LogP contribution in [0.2, 0.25) is 5.02 Å². The predicted octanol–water partition coefficient (Wildman–Crippen LogP) is 5.57. The molecule has 0 radical (unpaired) electrons. The zero-order chi connectivity index (χ0) is 21.4. The fourth-order valence-corrected chi connectivity index (χ4v) is 3.33. The maximum Gasteiger partial charge on any atom is 0.312 e. The van der Waals surface area contributed by atoms with E-state index in [0.717, 1.165) is 24.8 Å². The van der Waals surface area contributed by atoms with E-state index in [4.69, 9.17) is 16.3 Å². The molecule has 0 aliphatic carbocycles. The molecule has 1 amide bonds. The molecule has 0 aliphatic heterocycles. The number of nitro groups is 1. The number of hydrogen-bond donors (Lipinski definition) is 0. The highest BCUT2D eigenvalue weighted by atomic mass is 79.9. The van der Waals surface area contributed by atoms with Gasteiger partial charge in [-0.05, 0) is 52.5 Å². The van der Waals surface area contributed by atoms with Crippen molar-refractivity contribution in [3.8, 4) is 5.75 Å². The second-order valence-corrected chi connectivity index (χ2v) is 7.68. The monoisotopic (exact) mass is 483 g/mol. The Labute approximate surface area is 183 Å². The minimum Gasteiger partial charge on any atom is -0.494 e. The van der Waals surface area contributed by atoms with Crippen LogP contribution in [0.3, 0.4) is 0 Å². The number of halogens is 2. The van der Waals surface area contributed by atoms with Crippen molar-refractivity contribution in [2.24, 2.45) is 0 Å². The van der Waals surface area contributed by atoms with E-state index in [0.29, 0.717) is 28.4 Å². The van der Waals surface area contributed by atoms with E-state index in [-0.39, 0.29) is 24.0 Å². The Balaban J connectivity index is 2.13. The first-order valence-corrected chi connectivity index (χ1v) is 10.5. The molecule has 1 heterocycles. The molecule has 1 aromatic heterocycles. The first kappa shape index (κ1) is 23.1. The van der Waals surface area contributed by atoms with Crippen molar-refractivity contribution in [1.82, 2.24) is 4.98 Å². The molecule has 0 atom stereocenters. The first-order valence-electron chi connectivity index (χ1n) is 9.33. The Hall–Kier alpha value is -2.19. The van der Waals surface area contributed by atoms with Crippen LogP contribution in [0.15, 0.2) is 34.9 Å². The fraction of sp³-hybridized carbons (Fsp3) is 0.400. The minimum absolute atomic E-state index is 0.00359. The molecule has 2 aromatic rings. The number of pyridine rings is 1. The van der Waals surface area contributed by atoms with Crippen LogP contribution >= 0.6 is 27.5 Å². The molecule has 0 spiro atoms. The third-order valence-electron chi connectivity index (χ3n) is 4.30. The highest BCUT2D eigenvalue weighted by Gasteiger charge is 2.24. The Morgan fingerprint density at radius 1 is 1.31 bits per heavy atom. The van der Waals surface area contributed by atoms with E-state index >= 15 is 0 Å². The van der Waals surface area contributed by atoms with E-state index < -0.39 is 4.92 Å². The highest BCUT2D eigenvalue weighted by Crippen LogP contribution is 2.29. The van der Waals surface area contributed by atoms with Crippen LogP contribution in [-0.2, 0) is 11.2 Å². The second kappa shape index (κ2) is 11.1. The van der Waals surface area contributed by atoms with Gasteiger partial charge in [-0.2, -0.15) is 0 Å². The third kappa shape index (κ3) is 6.68. The number of benzene rings is 1. The maximum absolute atomic E-state index is 12.2. The lowest BCUT2D eigenvalue weighted by molar-refractivity contribution is -0.384. The number of amides is 1. The summed E-state index contributed by atoms with van der Waals surface area (Å²) in [5.74, 6) is 0.358. The summed E-state index contributed by atoms with van der Waals surface area (Å²) in [5, 5.41) is 11.9. The van der Waals surface area contributed by atoms with Crippen molar-refractivity contribution in [1.29, 1.82) is 0 Å². The number of rotatable bonds is 10. The number of carbonyl (C=O) groups excluding carboxylic acids is 1. The standard InChI is InChI=1S/C20H23BrClN3O4/c1-3-4-5-12-29-16-7-6-15(17(22)13-16)10-11-24(14(2)26)20-18(25(27)28)8-9-19(21)23-20/h6-9,13H,3-5,10-12H2,1-2H3. The number of unbranched alkanes of at least 4 members (excludes halogenated alkanes) is 2. The van der Waals surface area contributed by atoms with Gasteiger partial charge in [0.1, 0.15) is 10.4 Å². The fourth-order valence-electron chi connectivity index (χ4n) is 2.77. The molecule has 0 N–H and O–H groups in total. The van der Waals surface area contributed by atoms with Gasteiger partial charge < -0.3 is 4.74 Å². The quantitative estimate of drug-likeness (QED) is 0.190. The van der Waals surface area contributed by atoms with E-state index in [1.54, 1.807) is 6.07 Å². The van der Waals surface area contributed by atoms with Gasteiger partial charge in [0.15, 0.2) is 0 Å². The van der Waals surface area contributed by atoms with Crippen LogP contribution in [-0.4, -0.2) is 29.0 Å². The summed E-state index contributed by atoms with van der Waals surface area (Å²) in [6, 6.07) is 8.22. The Morgan fingerprint density at radius 3 is 2.69 bits per heavy atom. The molecular formula is C20H23BrClN3O4. The number of nitrogens with zero attached hydrogens (tertiary/aromatic N) is 3. The molecule has 0 saturated carbocycles. The van der Waals surface area contributed by atoms with Crippen LogP contribution in [0.1, 0.15) is 38.7 Å². The summed E-state index contributed by atoms with van der Waals surface area (Å²) < 4.78 is 6.10. The summed E-state index contributed by atoms with van der Waals surface area (Å²) in [6.45, 7) is 4.32. The van der Waals surface area contributed by atoms with E-state index in [9.17, 15) is 14.9 Å². The zero-order valence-corrected chi connectivity index (χ0v) is 18.7. The first-order chi connectivity index (χ1) is 13.8. The third-order valence-corrected chi connectivity index (χ3v) is 5.09. The van der Waals surface area contributed by atoms with E-state index in [1.807, 2.05) is 12.1 Å². The molecule has 9 heteroatoms. The highest BCUT2D eigenvalue weighted by molar-refractivity contribution is 9.10. The van der Waals surface area contributed by atoms with E-state index in [1.165, 1.54) is 24.0 Å². The molecule has 0 fully saturated rings. The zero-order valence-electron chi connectivity index (χ0n) is 16.4. The van der Waals surface area contributed by atoms with Crippen LogP contribution in [0, 0.1) is 10.1 Å². The van der Waals surface area contributed by atoms with Crippen molar-refractivity contribution in [2.75, 3.05) is 18.1 Å². The topological polar surface area (TPSA) is 85.6 Å². The maximum atomic E-state index is 12.2. The van der Waals surface area contributed by atoms with Gasteiger partial charge in [-0.15, -0.1) is 0 Å². The molecule has 156 valence electrons. The summed E-state index contributed by atoms with van der Waals surface area (Å²) >= 11 is 9.57. The van der Waals surface area contributed by atoms with Gasteiger partial charge in [0, 0.05) is 24.6 Å². The molecule has 0 bridgehead atoms. The van der Waals surface area contributed by atoms with Crippen LogP contribution in [0.4, 0.5) is 11.5 Å². The van der Waals surface area contributed by atoms with Gasteiger partial charge in [0.25, 0.3) is 0 Å². The van der Waals surface area contributed by atoms with Gasteiger partial charge in [0.2, 0.25) is 11.7 Å². The number of ether oxygens (including phenoxy) is 1. The van der Waals surface area contributed by atoms with Gasteiger partial charge in [-0.1, -0.05) is 37.4 Å². The Morgan fingerprint density at radius 2 is 2.07 bits per heavy atom. The lowest BCUT2D eigenvalue weighted by atomic mass is 10.1. The second-order valence-electron chi connectivity index (χ2n) is 6.46. The van der Waals surface area contributed by atoms with Crippen molar-refractivity contribution in [3.63, 3.8) is 0 Å². The van der Waals surface area contributed by atoms with Gasteiger partial charge in [-0.3, -0.25) is 19.8 Å². The lowest BCUT2D eigenvalue weighted by Gasteiger charge is -2.20. The van der Waals surface area contributed by atoms with Crippen molar-refractivity contribution in [3.05, 3.63) is 55.6 Å². The molecule has 0 saturated heterocycles. The average molecular weight is 485 g/mol. The van der Waals surface area contributed by atoms with Crippen molar-refractivity contribution >= 4 is 44.9 Å². The average Bonchev–Trinajstić information content (AvgIpc) is 2.66. The summed E-state index contributed by atoms with van der Waals surface area (Å²) in [6.07, 6.45) is 3.64. The molecule has 0 aliphatic rings. The van der Waals surface area contributed by atoms with Crippen LogP contribution in [0.25, 0.3) is 0 Å². The van der Waals surface area contributed by atoms with Gasteiger partial charge >= 0.3 is 5.69 Å². The smallest absolute Gasteiger partial charge is 0.312 e. The largest absolute Gasteiger partial charge is 0.494 e. The number of aromatic nitrogens is 1. The van der Waals surface area contributed by atoms with E-state index in [2.05, 4.69) is 27.8 Å². The molecule has 2 rings (SSSR count). The van der Waals surface area contributed by atoms with Gasteiger partial charge in [0.05, 0.1) is 11.5 Å². The summed E-state index contributed by atoms with van der Waals surface area (Å²) in [4.78, 5) is 28.4. The van der Waals surface area contributed by atoms with Gasteiger partial charge in [-0.25, -0.2) is 4.98 Å². The van der Waals surface area contributed by atoms with Crippen molar-refractivity contribution < 1.29 is 14.5 Å². The summed E-state index contributed by atoms with van der Waals surface area (Å²) in [7, 11) is 0. The van der Waals surface area contributed by atoms with Crippen LogP contribution < -0.4 is 9.64 Å². The number of hydrogen-bond acceptors (Lipinski definition) is 5. The Kier molecular flexibility index (Phi) is 8.85.